The van der Waals surface area contributed by atoms with Crippen LogP contribution in [-0.4, -0.2) is 29.4 Å². The van der Waals surface area contributed by atoms with Gasteiger partial charge in [0.25, 0.3) is 0 Å². The van der Waals surface area contributed by atoms with Crippen LogP contribution in [0, 0.1) is 0 Å². The zero-order valence-corrected chi connectivity index (χ0v) is 8.17. The van der Waals surface area contributed by atoms with Crippen molar-refractivity contribution in [3.63, 3.8) is 0 Å². The van der Waals surface area contributed by atoms with Crippen molar-refractivity contribution in [2.45, 2.75) is 4.90 Å². The quantitative estimate of drug-likeness (QED) is 0.660. The molecule has 0 N–H and O–H groups in total. The molecule has 2 nitrogen and oxygen atoms in total. The summed E-state index contributed by atoms with van der Waals surface area (Å²) in [5.74, 6) is 0.587. The van der Waals surface area contributed by atoms with Gasteiger partial charge >= 0.3 is 0 Å². The average molecular weight is 183 g/mol. The molecule has 0 amide bonds. The monoisotopic (exact) mass is 183 g/mol. The highest BCUT2D eigenvalue weighted by molar-refractivity contribution is 7.91. The normalized spacial score (nSPS) is 13.3. The topological polar surface area (TPSA) is 26.3 Å². The minimum Gasteiger partial charge on any atom is -0.610 e. The molecule has 1 rings (SSSR count). The summed E-state index contributed by atoms with van der Waals surface area (Å²) in [4.78, 5) is 2.81. The van der Waals surface area contributed by atoms with Crippen molar-refractivity contribution in [1.29, 1.82) is 0 Å². The predicted molar refractivity (Wildman–Crippen MR) is 51.4 cm³/mol. The molecule has 0 heterocycles. The van der Waals surface area contributed by atoms with Gasteiger partial charge in [-0.15, -0.1) is 0 Å². The fraction of sp³-hybridized carbons (Fsp3) is 0.333. The Bertz CT molecular complexity index is 225. The van der Waals surface area contributed by atoms with Crippen molar-refractivity contribution in [2.75, 3.05) is 20.0 Å². The van der Waals surface area contributed by atoms with E-state index in [1.54, 1.807) is 0 Å². The molecule has 0 radical (unpaired) electrons. The van der Waals surface area contributed by atoms with Gasteiger partial charge in [0.05, 0.1) is 0 Å². The van der Waals surface area contributed by atoms with Gasteiger partial charge in [0.2, 0.25) is 0 Å². The van der Waals surface area contributed by atoms with Crippen LogP contribution in [0.1, 0.15) is 0 Å². The summed E-state index contributed by atoms with van der Waals surface area (Å²) in [6.45, 7) is 0. The van der Waals surface area contributed by atoms with E-state index in [-0.39, 0.29) is 0 Å². The summed E-state index contributed by atoms with van der Waals surface area (Å²) in [5, 5.41) is 0. The Morgan fingerprint density at radius 3 is 2.33 bits per heavy atom. The van der Waals surface area contributed by atoms with E-state index < -0.39 is 11.2 Å². The second-order valence-electron chi connectivity index (χ2n) is 2.87. The molecular formula is C9H13NOS. The van der Waals surface area contributed by atoms with E-state index in [1.807, 2.05) is 49.3 Å². The Kier molecular flexibility index (Phi) is 3.59. The maximum Gasteiger partial charge on any atom is 0.164 e. The van der Waals surface area contributed by atoms with Gasteiger partial charge in [-0.05, 0) is 26.2 Å². The molecule has 66 valence electrons. The maximum absolute atomic E-state index is 11.5. The fourth-order valence-electron chi connectivity index (χ4n) is 0.881. The molecule has 0 saturated carbocycles. The zero-order valence-electron chi connectivity index (χ0n) is 7.36. The molecule has 0 aliphatic heterocycles. The summed E-state index contributed by atoms with van der Waals surface area (Å²) in [7, 11) is 3.84. The standard InChI is InChI=1S/C9H13NOS/c1-10(2)8-12(11)9-6-4-3-5-7-9/h3-7H,8H2,1-2H3. The Labute approximate surface area is 76.4 Å². The average Bonchev–Trinajstić information content (AvgIpc) is 2.05. The molecule has 1 atom stereocenters. The molecule has 0 aromatic heterocycles. The third kappa shape index (κ3) is 2.85. The lowest BCUT2D eigenvalue weighted by molar-refractivity contribution is 0.461. The van der Waals surface area contributed by atoms with Crippen molar-refractivity contribution < 1.29 is 4.55 Å². The van der Waals surface area contributed by atoms with Crippen molar-refractivity contribution >= 4 is 11.2 Å². The summed E-state index contributed by atoms with van der Waals surface area (Å²) < 4.78 is 11.5. The lowest BCUT2D eigenvalue weighted by Crippen LogP contribution is -2.21. The fourth-order valence-corrected chi connectivity index (χ4v) is 1.96. The summed E-state index contributed by atoms with van der Waals surface area (Å²) >= 11 is -0.888. The van der Waals surface area contributed by atoms with Crippen LogP contribution in [0.25, 0.3) is 0 Å². The zero-order chi connectivity index (χ0) is 8.97. The van der Waals surface area contributed by atoms with Crippen LogP contribution in [0.3, 0.4) is 0 Å². The van der Waals surface area contributed by atoms with E-state index in [2.05, 4.69) is 0 Å². The third-order valence-electron chi connectivity index (χ3n) is 1.38. The first-order valence-corrected chi connectivity index (χ1v) is 5.10. The van der Waals surface area contributed by atoms with Crippen molar-refractivity contribution in [1.82, 2.24) is 4.90 Å². The van der Waals surface area contributed by atoms with Gasteiger partial charge in [0.15, 0.2) is 10.8 Å². The van der Waals surface area contributed by atoms with Gasteiger partial charge in [0.1, 0.15) is 0 Å². The number of benzene rings is 1. The van der Waals surface area contributed by atoms with Crippen molar-refractivity contribution in [3.05, 3.63) is 30.3 Å². The van der Waals surface area contributed by atoms with Crippen LogP contribution in [0.5, 0.6) is 0 Å². The van der Waals surface area contributed by atoms with Crippen LogP contribution in [0.4, 0.5) is 0 Å². The number of nitrogens with zero attached hydrogens (tertiary/aromatic N) is 1. The molecule has 3 heteroatoms. The van der Waals surface area contributed by atoms with E-state index in [9.17, 15) is 4.55 Å². The Morgan fingerprint density at radius 1 is 1.25 bits per heavy atom. The number of hydrogen-bond acceptors (Lipinski definition) is 2. The van der Waals surface area contributed by atoms with Crippen LogP contribution >= 0.6 is 0 Å². The van der Waals surface area contributed by atoms with Gasteiger partial charge in [0, 0.05) is 11.2 Å². The highest BCUT2D eigenvalue weighted by atomic mass is 32.2. The molecule has 0 bridgehead atoms. The molecule has 0 aliphatic rings. The first-order chi connectivity index (χ1) is 5.70. The Balaban J connectivity index is 2.59. The molecular weight excluding hydrogens is 170 g/mol. The largest absolute Gasteiger partial charge is 0.610 e. The maximum atomic E-state index is 11.5. The minimum absolute atomic E-state index is 0.587. The molecule has 12 heavy (non-hydrogen) atoms. The summed E-state index contributed by atoms with van der Waals surface area (Å²) in [5.41, 5.74) is 0. The van der Waals surface area contributed by atoms with Crippen molar-refractivity contribution in [3.8, 4) is 0 Å². The van der Waals surface area contributed by atoms with E-state index in [1.165, 1.54) is 0 Å². The summed E-state index contributed by atoms with van der Waals surface area (Å²) in [6.07, 6.45) is 0. The SMILES string of the molecule is CN(C)C[S+]([O-])c1ccccc1. The first-order valence-electron chi connectivity index (χ1n) is 3.78. The number of rotatable bonds is 3. The molecule has 0 aliphatic carbocycles. The van der Waals surface area contributed by atoms with E-state index in [0.717, 1.165) is 4.90 Å². The molecule has 1 aromatic rings. The number of hydrogen-bond donors (Lipinski definition) is 0. The van der Waals surface area contributed by atoms with Crippen molar-refractivity contribution in [2.24, 2.45) is 0 Å². The van der Waals surface area contributed by atoms with Crippen LogP contribution < -0.4 is 0 Å². The molecule has 0 saturated heterocycles. The van der Waals surface area contributed by atoms with Gasteiger partial charge in [-0.3, -0.25) is 4.90 Å². The van der Waals surface area contributed by atoms with Crippen LogP contribution in [-0.2, 0) is 11.2 Å². The predicted octanol–water partition coefficient (Wildman–Crippen LogP) is 1.31. The van der Waals surface area contributed by atoms with Crippen LogP contribution in [0.2, 0.25) is 0 Å². The smallest absolute Gasteiger partial charge is 0.164 e. The molecule has 1 aromatic carbocycles. The summed E-state index contributed by atoms with van der Waals surface area (Å²) in [6, 6.07) is 9.52. The molecule has 0 spiro atoms. The van der Waals surface area contributed by atoms with E-state index >= 15 is 0 Å². The van der Waals surface area contributed by atoms with E-state index in [0.29, 0.717) is 5.88 Å². The van der Waals surface area contributed by atoms with Gasteiger partial charge in [-0.1, -0.05) is 18.2 Å². The first kappa shape index (κ1) is 9.58. The van der Waals surface area contributed by atoms with E-state index in [4.69, 9.17) is 0 Å². The molecule has 1 unspecified atom stereocenters. The lowest BCUT2D eigenvalue weighted by atomic mass is 10.4. The Hall–Kier alpha value is -0.510. The Morgan fingerprint density at radius 2 is 1.83 bits per heavy atom. The molecule has 0 fully saturated rings. The second-order valence-corrected chi connectivity index (χ2v) is 4.29. The van der Waals surface area contributed by atoms with Gasteiger partial charge in [-0.25, -0.2) is 0 Å². The van der Waals surface area contributed by atoms with Gasteiger partial charge < -0.3 is 4.55 Å². The van der Waals surface area contributed by atoms with Gasteiger partial charge in [-0.2, -0.15) is 0 Å². The third-order valence-corrected chi connectivity index (χ3v) is 2.93. The highest BCUT2D eigenvalue weighted by Gasteiger charge is 2.09. The lowest BCUT2D eigenvalue weighted by Gasteiger charge is -2.14. The second kappa shape index (κ2) is 4.50. The minimum atomic E-state index is -0.888. The van der Waals surface area contributed by atoms with Crippen LogP contribution in [0.15, 0.2) is 35.2 Å². The highest BCUT2D eigenvalue weighted by Crippen LogP contribution is 2.09.